The summed E-state index contributed by atoms with van der Waals surface area (Å²) < 4.78 is 11.5. The van der Waals surface area contributed by atoms with Gasteiger partial charge in [-0.3, -0.25) is 16.3 Å². The van der Waals surface area contributed by atoms with E-state index in [1.165, 1.54) is 0 Å². The quantitative estimate of drug-likeness (QED) is 0.633. The lowest BCUT2D eigenvalue weighted by Crippen LogP contribution is -2.45. The first-order chi connectivity index (χ1) is 9.33. The molecule has 2 fully saturated rings. The molecule has 0 amide bonds. The summed E-state index contributed by atoms with van der Waals surface area (Å²) in [7, 11) is 0. The SMILES string of the molecule is NNC(c1ccccn1)C1CCOC2(CCOC2)C1. The van der Waals surface area contributed by atoms with Crippen molar-refractivity contribution in [3.05, 3.63) is 30.1 Å². The molecule has 3 rings (SSSR count). The van der Waals surface area contributed by atoms with Crippen molar-refractivity contribution in [1.29, 1.82) is 0 Å². The molecule has 1 spiro atoms. The van der Waals surface area contributed by atoms with Gasteiger partial charge in [0.2, 0.25) is 0 Å². The van der Waals surface area contributed by atoms with Gasteiger partial charge in [0.25, 0.3) is 0 Å². The first-order valence-corrected chi connectivity index (χ1v) is 6.92. The summed E-state index contributed by atoms with van der Waals surface area (Å²) in [5.41, 5.74) is 3.85. The normalized spacial score (nSPS) is 32.6. The molecule has 2 aliphatic heterocycles. The largest absolute Gasteiger partial charge is 0.378 e. The Labute approximate surface area is 113 Å². The van der Waals surface area contributed by atoms with Crippen LogP contribution in [0.5, 0.6) is 0 Å². The molecular formula is C14H21N3O2. The molecule has 5 nitrogen and oxygen atoms in total. The maximum atomic E-state index is 5.97. The number of aromatic nitrogens is 1. The third-order valence-electron chi connectivity index (χ3n) is 4.26. The molecule has 3 unspecified atom stereocenters. The number of hydrogen-bond acceptors (Lipinski definition) is 5. The first kappa shape index (κ1) is 13.0. The predicted molar refractivity (Wildman–Crippen MR) is 71.1 cm³/mol. The number of nitrogens with zero attached hydrogens (tertiary/aromatic N) is 1. The summed E-state index contributed by atoms with van der Waals surface area (Å²) >= 11 is 0. The molecule has 1 aromatic heterocycles. The Morgan fingerprint density at radius 2 is 2.37 bits per heavy atom. The zero-order chi connectivity index (χ0) is 13.1. The summed E-state index contributed by atoms with van der Waals surface area (Å²) in [6.07, 6.45) is 4.79. The van der Waals surface area contributed by atoms with Gasteiger partial charge in [-0.1, -0.05) is 6.07 Å². The van der Waals surface area contributed by atoms with E-state index in [0.29, 0.717) is 12.5 Å². The minimum atomic E-state index is -0.0905. The number of nitrogens with one attached hydrogen (secondary N) is 1. The van der Waals surface area contributed by atoms with Crippen molar-refractivity contribution in [2.24, 2.45) is 11.8 Å². The third kappa shape index (κ3) is 2.65. The first-order valence-electron chi connectivity index (χ1n) is 6.92. The Bertz CT molecular complexity index is 406. The molecule has 3 heterocycles. The molecule has 2 aliphatic rings. The number of hydrogen-bond donors (Lipinski definition) is 2. The minimum Gasteiger partial charge on any atom is -0.378 e. The molecule has 19 heavy (non-hydrogen) atoms. The average molecular weight is 263 g/mol. The van der Waals surface area contributed by atoms with E-state index in [2.05, 4.69) is 10.4 Å². The molecule has 0 saturated carbocycles. The van der Waals surface area contributed by atoms with Gasteiger partial charge in [-0.15, -0.1) is 0 Å². The fourth-order valence-electron chi connectivity index (χ4n) is 3.24. The average Bonchev–Trinajstić information content (AvgIpc) is 2.89. The van der Waals surface area contributed by atoms with Crippen LogP contribution in [0.2, 0.25) is 0 Å². The van der Waals surface area contributed by atoms with E-state index in [4.69, 9.17) is 15.3 Å². The molecule has 0 aromatic carbocycles. The van der Waals surface area contributed by atoms with Crippen molar-refractivity contribution in [2.45, 2.75) is 30.9 Å². The van der Waals surface area contributed by atoms with E-state index in [1.54, 1.807) is 0 Å². The second-order valence-corrected chi connectivity index (χ2v) is 5.49. The Kier molecular flexibility index (Phi) is 3.79. The van der Waals surface area contributed by atoms with E-state index in [-0.39, 0.29) is 11.6 Å². The van der Waals surface area contributed by atoms with Gasteiger partial charge in [-0.05, 0) is 30.9 Å². The van der Waals surface area contributed by atoms with Crippen molar-refractivity contribution in [3.8, 4) is 0 Å². The van der Waals surface area contributed by atoms with Crippen molar-refractivity contribution < 1.29 is 9.47 Å². The van der Waals surface area contributed by atoms with Crippen LogP contribution in [0.1, 0.15) is 31.0 Å². The van der Waals surface area contributed by atoms with Crippen molar-refractivity contribution in [1.82, 2.24) is 10.4 Å². The van der Waals surface area contributed by atoms with Crippen molar-refractivity contribution in [2.75, 3.05) is 19.8 Å². The maximum absolute atomic E-state index is 5.97. The Hall–Kier alpha value is -1.01. The molecule has 104 valence electrons. The predicted octanol–water partition coefficient (Wildman–Crippen LogP) is 1.17. The summed E-state index contributed by atoms with van der Waals surface area (Å²) in [5, 5.41) is 0. The second-order valence-electron chi connectivity index (χ2n) is 5.49. The van der Waals surface area contributed by atoms with Crippen molar-refractivity contribution in [3.63, 3.8) is 0 Å². The van der Waals surface area contributed by atoms with E-state index in [1.807, 2.05) is 24.4 Å². The van der Waals surface area contributed by atoms with Crippen LogP contribution < -0.4 is 11.3 Å². The van der Waals surface area contributed by atoms with Crippen LogP contribution >= 0.6 is 0 Å². The number of ether oxygens (including phenoxy) is 2. The summed E-state index contributed by atoms with van der Waals surface area (Å²) in [4.78, 5) is 4.43. The topological polar surface area (TPSA) is 69.4 Å². The van der Waals surface area contributed by atoms with Gasteiger partial charge in [0.1, 0.15) is 0 Å². The Morgan fingerprint density at radius 1 is 1.42 bits per heavy atom. The van der Waals surface area contributed by atoms with Gasteiger partial charge in [0, 0.05) is 25.8 Å². The van der Waals surface area contributed by atoms with Gasteiger partial charge in [0.15, 0.2) is 0 Å². The highest BCUT2D eigenvalue weighted by Gasteiger charge is 2.43. The standard InChI is InChI=1S/C14H21N3O2/c15-17-13(12-3-1-2-6-16-12)11-4-7-19-14(9-11)5-8-18-10-14/h1-3,6,11,13,17H,4-5,7-10,15H2. The molecule has 3 atom stereocenters. The van der Waals surface area contributed by atoms with Gasteiger partial charge in [0.05, 0.1) is 23.9 Å². The third-order valence-corrected chi connectivity index (χ3v) is 4.26. The monoisotopic (exact) mass is 263 g/mol. The lowest BCUT2D eigenvalue weighted by atomic mass is 9.80. The number of rotatable bonds is 3. The fourth-order valence-corrected chi connectivity index (χ4v) is 3.24. The second kappa shape index (κ2) is 5.54. The number of nitrogens with two attached hydrogens (primary N) is 1. The highest BCUT2D eigenvalue weighted by Crippen LogP contribution is 2.40. The van der Waals surface area contributed by atoms with Crippen LogP contribution in [0.15, 0.2) is 24.4 Å². The van der Waals surface area contributed by atoms with E-state index in [9.17, 15) is 0 Å². The molecule has 3 N–H and O–H groups in total. The lowest BCUT2D eigenvalue weighted by molar-refractivity contribution is -0.103. The van der Waals surface area contributed by atoms with Crippen LogP contribution in [-0.4, -0.2) is 30.4 Å². The van der Waals surface area contributed by atoms with E-state index < -0.39 is 0 Å². The Morgan fingerprint density at radius 3 is 3.05 bits per heavy atom. The highest BCUT2D eigenvalue weighted by molar-refractivity contribution is 5.11. The highest BCUT2D eigenvalue weighted by atomic mass is 16.6. The van der Waals surface area contributed by atoms with Crippen LogP contribution in [-0.2, 0) is 9.47 Å². The Balaban J connectivity index is 1.76. The van der Waals surface area contributed by atoms with Crippen molar-refractivity contribution >= 4 is 0 Å². The van der Waals surface area contributed by atoms with E-state index >= 15 is 0 Å². The molecule has 2 saturated heterocycles. The maximum Gasteiger partial charge on any atom is 0.0940 e. The molecular weight excluding hydrogens is 242 g/mol. The summed E-state index contributed by atoms with van der Waals surface area (Å²) in [6, 6.07) is 6.04. The zero-order valence-electron chi connectivity index (χ0n) is 11.0. The van der Waals surface area contributed by atoms with Crippen LogP contribution in [0.3, 0.4) is 0 Å². The minimum absolute atomic E-state index is 0.0857. The fraction of sp³-hybridized carbons (Fsp3) is 0.643. The van der Waals surface area contributed by atoms with E-state index in [0.717, 1.165) is 38.2 Å². The molecule has 0 aliphatic carbocycles. The number of pyridine rings is 1. The molecule has 0 bridgehead atoms. The molecule has 5 heteroatoms. The lowest BCUT2D eigenvalue weighted by Gasteiger charge is -2.40. The zero-order valence-corrected chi connectivity index (χ0v) is 11.0. The smallest absolute Gasteiger partial charge is 0.0940 e. The molecule has 0 radical (unpaired) electrons. The molecule has 1 aromatic rings. The summed E-state index contributed by atoms with van der Waals surface area (Å²) in [5.74, 6) is 6.20. The van der Waals surface area contributed by atoms with Gasteiger partial charge < -0.3 is 9.47 Å². The van der Waals surface area contributed by atoms with Crippen LogP contribution in [0, 0.1) is 5.92 Å². The number of hydrazine groups is 1. The summed E-state index contributed by atoms with van der Waals surface area (Å²) in [6.45, 7) is 2.29. The van der Waals surface area contributed by atoms with Gasteiger partial charge in [-0.25, -0.2) is 0 Å². The van der Waals surface area contributed by atoms with Gasteiger partial charge in [-0.2, -0.15) is 0 Å². The van der Waals surface area contributed by atoms with Gasteiger partial charge >= 0.3 is 0 Å². The van der Waals surface area contributed by atoms with Crippen LogP contribution in [0.25, 0.3) is 0 Å². The van der Waals surface area contributed by atoms with Crippen LogP contribution in [0.4, 0.5) is 0 Å².